The van der Waals surface area contributed by atoms with Gasteiger partial charge in [0.05, 0.1) is 18.6 Å². The summed E-state index contributed by atoms with van der Waals surface area (Å²) in [5, 5.41) is 0. The van der Waals surface area contributed by atoms with Crippen LogP contribution >= 0.6 is 0 Å². The third-order valence-electron chi connectivity index (χ3n) is 5.64. The van der Waals surface area contributed by atoms with Gasteiger partial charge in [0, 0.05) is 5.56 Å². The van der Waals surface area contributed by atoms with Crippen molar-refractivity contribution in [3.63, 3.8) is 0 Å². The number of methoxy groups -OCH3 is 1. The molecule has 1 aliphatic heterocycles. The van der Waals surface area contributed by atoms with Crippen LogP contribution in [0.4, 0.5) is 0 Å². The molecule has 0 aromatic heterocycles. The van der Waals surface area contributed by atoms with Gasteiger partial charge in [-0.3, -0.25) is 0 Å². The molecule has 160 valence electrons. The quantitative estimate of drug-likeness (QED) is 0.522. The van der Waals surface area contributed by atoms with Crippen molar-refractivity contribution in [3.8, 4) is 5.75 Å². The highest BCUT2D eigenvalue weighted by Gasteiger charge is 2.54. The molecule has 0 amide bonds. The summed E-state index contributed by atoms with van der Waals surface area (Å²) < 4.78 is 40.9. The monoisotopic (exact) mass is 435 g/mol. The van der Waals surface area contributed by atoms with Crippen molar-refractivity contribution in [2.24, 2.45) is 0 Å². The van der Waals surface area contributed by atoms with E-state index in [0.29, 0.717) is 11.3 Å². The molecule has 0 bridgehead atoms. The van der Waals surface area contributed by atoms with Gasteiger partial charge in [-0.1, -0.05) is 66.2 Å². The first-order valence-electron chi connectivity index (χ1n) is 9.98. The summed E-state index contributed by atoms with van der Waals surface area (Å²) in [7, 11) is -2.37. The van der Waals surface area contributed by atoms with Gasteiger partial charge < -0.3 is 9.47 Å². The summed E-state index contributed by atoms with van der Waals surface area (Å²) in [5.74, 6) is 0.629. The fourth-order valence-electron chi connectivity index (χ4n) is 3.94. The molecule has 6 heteroatoms. The fourth-order valence-corrected chi connectivity index (χ4v) is 5.75. The standard InChI is InChI=1S/C25H25NO4S/c1-4-25(21-10-6-5-7-11-21)18-30-24(20-9-8-12-22(17-20)29-3)26(25)31(27,28)23-15-13-19(2)14-16-23/h4-17,24H,1,18H2,2-3H3/t24-,25+/m1/s1. The van der Waals surface area contributed by atoms with Crippen LogP contribution in [0.1, 0.15) is 22.9 Å². The molecule has 1 aliphatic rings. The largest absolute Gasteiger partial charge is 0.497 e. The lowest BCUT2D eigenvalue weighted by Crippen LogP contribution is -2.46. The molecular weight excluding hydrogens is 410 g/mol. The second kappa shape index (κ2) is 8.30. The topological polar surface area (TPSA) is 55.8 Å². The average Bonchev–Trinajstić information content (AvgIpc) is 3.22. The Morgan fingerprint density at radius 1 is 1.06 bits per heavy atom. The maximum atomic E-state index is 14.0. The maximum absolute atomic E-state index is 14.0. The Kier molecular flexibility index (Phi) is 5.71. The van der Waals surface area contributed by atoms with E-state index >= 15 is 0 Å². The van der Waals surface area contributed by atoms with E-state index in [1.54, 1.807) is 43.5 Å². The molecule has 0 unspecified atom stereocenters. The van der Waals surface area contributed by atoms with E-state index in [1.807, 2.05) is 55.5 Å². The molecule has 1 saturated heterocycles. The van der Waals surface area contributed by atoms with Crippen LogP contribution in [0.15, 0.2) is 96.4 Å². The Labute approximate surface area is 183 Å². The molecule has 5 nitrogen and oxygen atoms in total. The van der Waals surface area contributed by atoms with Crippen LogP contribution < -0.4 is 4.74 Å². The van der Waals surface area contributed by atoms with Gasteiger partial charge in [0.1, 0.15) is 11.3 Å². The summed E-state index contributed by atoms with van der Waals surface area (Å²) in [6, 6.07) is 23.6. The lowest BCUT2D eigenvalue weighted by atomic mass is 9.91. The molecule has 1 heterocycles. The second-order valence-electron chi connectivity index (χ2n) is 7.55. The molecule has 0 spiro atoms. The Morgan fingerprint density at radius 2 is 1.77 bits per heavy atom. The van der Waals surface area contributed by atoms with Gasteiger partial charge in [-0.05, 0) is 36.8 Å². The smallest absolute Gasteiger partial charge is 0.246 e. The minimum absolute atomic E-state index is 0.146. The Balaban J connectivity index is 1.93. The summed E-state index contributed by atoms with van der Waals surface area (Å²) >= 11 is 0. The van der Waals surface area contributed by atoms with Gasteiger partial charge in [0.25, 0.3) is 0 Å². The highest BCUT2D eigenvalue weighted by atomic mass is 32.2. The molecule has 2 atom stereocenters. The van der Waals surface area contributed by atoms with Crippen molar-refractivity contribution >= 4 is 10.0 Å². The SMILES string of the molecule is C=C[C@@]1(c2ccccc2)CO[C@H](c2cccc(OC)c2)N1S(=O)(=O)c1ccc(C)cc1. The summed E-state index contributed by atoms with van der Waals surface area (Å²) in [6.07, 6.45) is 0.827. The van der Waals surface area contributed by atoms with Gasteiger partial charge in [-0.2, -0.15) is 0 Å². The third kappa shape index (κ3) is 3.67. The first-order valence-corrected chi connectivity index (χ1v) is 11.4. The number of nitrogens with zero attached hydrogens (tertiary/aromatic N) is 1. The van der Waals surface area contributed by atoms with Gasteiger partial charge in [-0.25, -0.2) is 8.42 Å². The molecule has 0 radical (unpaired) electrons. The lowest BCUT2D eigenvalue weighted by Gasteiger charge is -2.36. The van der Waals surface area contributed by atoms with Crippen molar-refractivity contribution < 1.29 is 17.9 Å². The third-order valence-corrected chi connectivity index (χ3v) is 7.54. The highest BCUT2D eigenvalue weighted by Crippen LogP contribution is 2.48. The molecule has 3 aromatic rings. The predicted octanol–water partition coefficient (Wildman–Crippen LogP) is 4.80. The number of rotatable bonds is 6. The van der Waals surface area contributed by atoms with E-state index in [-0.39, 0.29) is 11.5 Å². The molecule has 0 N–H and O–H groups in total. The van der Waals surface area contributed by atoms with Crippen LogP contribution in [-0.2, 0) is 20.3 Å². The number of hydrogen-bond donors (Lipinski definition) is 0. The molecule has 0 saturated carbocycles. The van der Waals surface area contributed by atoms with Gasteiger partial charge >= 0.3 is 0 Å². The fraction of sp³-hybridized carbons (Fsp3) is 0.200. The van der Waals surface area contributed by atoms with Crippen molar-refractivity contribution in [1.82, 2.24) is 4.31 Å². The summed E-state index contributed by atoms with van der Waals surface area (Å²) in [4.78, 5) is 0.207. The van der Waals surface area contributed by atoms with Gasteiger partial charge in [0.2, 0.25) is 10.0 Å². The van der Waals surface area contributed by atoms with Crippen LogP contribution in [-0.4, -0.2) is 26.4 Å². The van der Waals surface area contributed by atoms with Crippen molar-refractivity contribution in [2.75, 3.05) is 13.7 Å². The van der Waals surface area contributed by atoms with Gasteiger partial charge in [-0.15, -0.1) is 10.9 Å². The lowest BCUT2D eigenvalue weighted by molar-refractivity contribution is 0.0676. The van der Waals surface area contributed by atoms with E-state index in [9.17, 15) is 8.42 Å². The first kappa shape index (κ1) is 21.3. The Morgan fingerprint density at radius 3 is 2.42 bits per heavy atom. The Bertz CT molecular complexity index is 1180. The molecular formula is C25H25NO4S. The van der Waals surface area contributed by atoms with Crippen LogP contribution in [0, 0.1) is 6.92 Å². The summed E-state index contributed by atoms with van der Waals surface area (Å²) in [6.45, 7) is 6.08. The van der Waals surface area contributed by atoms with Crippen molar-refractivity contribution in [3.05, 3.63) is 108 Å². The highest BCUT2D eigenvalue weighted by molar-refractivity contribution is 7.89. The zero-order chi connectivity index (χ0) is 22.1. The second-order valence-corrected chi connectivity index (χ2v) is 9.36. The van der Waals surface area contributed by atoms with E-state index < -0.39 is 21.8 Å². The number of sulfonamides is 1. The molecule has 4 rings (SSSR count). The van der Waals surface area contributed by atoms with Crippen LogP contribution in [0.5, 0.6) is 5.75 Å². The Hall–Kier alpha value is -2.93. The number of hydrogen-bond acceptors (Lipinski definition) is 4. The van der Waals surface area contributed by atoms with Crippen molar-refractivity contribution in [2.45, 2.75) is 23.6 Å². The van der Waals surface area contributed by atoms with Crippen LogP contribution in [0.25, 0.3) is 0 Å². The normalized spacial score (nSPS) is 21.7. The van der Waals surface area contributed by atoms with E-state index in [0.717, 1.165) is 11.1 Å². The minimum atomic E-state index is -3.94. The predicted molar refractivity (Wildman–Crippen MR) is 120 cm³/mol. The van der Waals surface area contributed by atoms with Gasteiger partial charge in [0.15, 0.2) is 6.23 Å². The maximum Gasteiger partial charge on any atom is 0.246 e. The van der Waals surface area contributed by atoms with Crippen LogP contribution in [0.3, 0.4) is 0 Å². The number of benzene rings is 3. The molecule has 31 heavy (non-hydrogen) atoms. The first-order chi connectivity index (χ1) is 14.9. The minimum Gasteiger partial charge on any atom is -0.497 e. The molecule has 3 aromatic carbocycles. The summed E-state index contributed by atoms with van der Waals surface area (Å²) in [5.41, 5.74) is 1.42. The molecule has 1 fully saturated rings. The number of ether oxygens (including phenoxy) is 2. The van der Waals surface area contributed by atoms with E-state index in [4.69, 9.17) is 9.47 Å². The zero-order valence-corrected chi connectivity index (χ0v) is 18.4. The average molecular weight is 436 g/mol. The van der Waals surface area contributed by atoms with Crippen LogP contribution in [0.2, 0.25) is 0 Å². The van der Waals surface area contributed by atoms with Crippen molar-refractivity contribution in [1.29, 1.82) is 0 Å². The zero-order valence-electron chi connectivity index (χ0n) is 17.6. The molecule has 0 aliphatic carbocycles. The van der Waals surface area contributed by atoms with E-state index in [2.05, 4.69) is 6.58 Å². The number of aryl methyl sites for hydroxylation is 1. The van der Waals surface area contributed by atoms with E-state index in [1.165, 1.54) is 4.31 Å².